The smallest absolute Gasteiger partial charge is 0.203 e. The van der Waals surface area contributed by atoms with Gasteiger partial charge in [-0.1, -0.05) is 0 Å². The van der Waals surface area contributed by atoms with Gasteiger partial charge in [-0.3, -0.25) is 4.79 Å². The van der Waals surface area contributed by atoms with Gasteiger partial charge in [0.2, 0.25) is 5.75 Å². The van der Waals surface area contributed by atoms with Crippen molar-refractivity contribution >= 4 is 5.78 Å². The molecule has 0 radical (unpaired) electrons. The average molecular weight is 316 g/mol. The second kappa shape index (κ2) is 7.54. The van der Waals surface area contributed by atoms with E-state index in [1.165, 1.54) is 21.3 Å². The van der Waals surface area contributed by atoms with Crippen LogP contribution in [0.3, 0.4) is 0 Å². The molecule has 0 fully saturated rings. The molecule has 0 aliphatic carbocycles. The minimum atomic E-state index is -0.132. The number of ether oxygens (including phenoxy) is 4. The van der Waals surface area contributed by atoms with Crippen molar-refractivity contribution in [1.82, 2.24) is 0 Å². The molecule has 0 bridgehead atoms. The zero-order valence-electron chi connectivity index (χ0n) is 13.7. The fourth-order valence-electron chi connectivity index (χ4n) is 2.25. The highest BCUT2D eigenvalue weighted by Crippen LogP contribution is 2.38. The highest BCUT2D eigenvalue weighted by atomic mass is 16.5. The molecule has 0 saturated carbocycles. The van der Waals surface area contributed by atoms with Crippen LogP contribution in [0.5, 0.6) is 23.0 Å². The summed E-state index contributed by atoms with van der Waals surface area (Å²) in [6.07, 6.45) is 0. The third kappa shape index (κ3) is 3.56. The van der Waals surface area contributed by atoms with E-state index in [1.54, 1.807) is 36.4 Å². The predicted molar refractivity (Wildman–Crippen MR) is 87.1 cm³/mol. The summed E-state index contributed by atoms with van der Waals surface area (Å²) in [4.78, 5) is 12.7. The van der Waals surface area contributed by atoms with Crippen molar-refractivity contribution in [3.05, 3.63) is 47.5 Å². The summed E-state index contributed by atoms with van der Waals surface area (Å²) in [5.41, 5.74) is 1.02. The number of ketones is 1. The molecule has 122 valence electrons. The van der Waals surface area contributed by atoms with Crippen LogP contribution in [0.2, 0.25) is 0 Å². The molecular formula is C18H20O5. The Labute approximate surface area is 135 Å². The summed E-state index contributed by atoms with van der Waals surface area (Å²) in [5, 5.41) is 0. The molecule has 0 unspecified atom stereocenters. The average Bonchev–Trinajstić information content (AvgIpc) is 2.60. The van der Waals surface area contributed by atoms with Gasteiger partial charge < -0.3 is 18.9 Å². The Balaban J connectivity index is 2.38. The third-order valence-corrected chi connectivity index (χ3v) is 3.35. The molecule has 23 heavy (non-hydrogen) atoms. The fraction of sp³-hybridized carbons (Fsp3) is 0.278. The van der Waals surface area contributed by atoms with Crippen molar-refractivity contribution in [2.75, 3.05) is 27.9 Å². The lowest BCUT2D eigenvalue weighted by Gasteiger charge is -2.13. The maximum Gasteiger partial charge on any atom is 0.203 e. The van der Waals surface area contributed by atoms with Gasteiger partial charge in [0.1, 0.15) is 5.75 Å². The van der Waals surface area contributed by atoms with Gasteiger partial charge in [-0.05, 0) is 43.3 Å². The molecule has 0 N–H and O–H groups in total. The van der Waals surface area contributed by atoms with Crippen LogP contribution in [0.1, 0.15) is 22.8 Å². The fourth-order valence-corrected chi connectivity index (χ4v) is 2.25. The summed E-state index contributed by atoms with van der Waals surface area (Å²) >= 11 is 0. The van der Waals surface area contributed by atoms with Crippen molar-refractivity contribution in [1.29, 1.82) is 0 Å². The summed E-state index contributed by atoms with van der Waals surface area (Å²) in [6, 6.07) is 10.3. The van der Waals surface area contributed by atoms with Crippen LogP contribution >= 0.6 is 0 Å². The monoisotopic (exact) mass is 316 g/mol. The molecule has 0 aromatic heterocycles. The lowest BCUT2D eigenvalue weighted by molar-refractivity contribution is 0.103. The standard InChI is InChI=1S/C18H20O5/c1-5-23-14-8-6-12(7-9-14)17(19)13-10-15(20-2)18(22-4)16(11-13)21-3/h6-11H,5H2,1-4H3. The van der Waals surface area contributed by atoms with E-state index in [0.29, 0.717) is 35.0 Å². The molecule has 0 spiro atoms. The summed E-state index contributed by atoms with van der Waals surface area (Å²) in [5.74, 6) is 1.95. The van der Waals surface area contributed by atoms with Gasteiger partial charge in [0.15, 0.2) is 17.3 Å². The van der Waals surface area contributed by atoms with Gasteiger partial charge in [-0.2, -0.15) is 0 Å². The zero-order chi connectivity index (χ0) is 16.8. The molecule has 5 nitrogen and oxygen atoms in total. The van der Waals surface area contributed by atoms with Crippen LogP contribution in [0, 0.1) is 0 Å². The minimum absolute atomic E-state index is 0.132. The molecule has 0 saturated heterocycles. The quantitative estimate of drug-likeness (QED) is 0.733. The molecule has 0 heterocycles. The number of hydrogen-bond acceptors (Lipinski definition) is 5. The molecule has 0 aliphatic heterocycles. The number of rotatable bonds is 7. The largest absolute Gasteiger partial charge is 0.494 e. The van der Waals surface area contributed by atoms with Crippen molar-refractivity contribution in [2.24, 2.45) is 0 Å². The number of hydrogen-bond donors (Lipinski definition) is 0. The van der Waals surface area contributed by atoms with Crippen molar-refractivity contribution in [3.8, 4) is 23.0 Å². The van der Waals surface area contributed by atoms with Crippen LogP contribution in [0.4, 0.5) is 0 Å². The van der Waals surface area contributed by atoms with E-state index in [-0.39, 0.29) is 5.78 Å². The second-order valence-corrected chi connectivity index (χ2v) is 4.70. The number of carbonyl (C=O) groups is 1. The summed E-state index contributed by atoms with van der Waals surface area (Å²) < 4.78 is 21.2. The van der Waals surface area contributed by atoms with E-state index in [0.717, 1.165) is 5.75 Å². The highest BCUT2D eigenvalue weighted by Gasteiger charge is 2.18. The van der Waals surface area contributed by atoms with Gasteiger partial charge >= 0.3 is 0 Å². The van der Waals surface area contributed by atoms with Crippen LogP contribution in [0.15, 0.2) is 36.4 Å². The Hall–Kier alpha value is -2.69. The van der Waals surface area contributed by atoms with Gasteiger partial charge in [0, 0.05) is 11.1 Å². The van der Waals surface area contributed by atoms with Crippen LogP contribution in [-0.2, 0) is 0 Å². The molecule has 0 aliphatic rings. The lowest BCUT2D eigenvalue weighted by Crippen LogP contribution is -2.04. The van der Waals surface area contributed by atoms with E-state index in [4.69, 9.17) is 18.9 Å². The Bertz CT molecular complexity index is 651. The first-order chi connectivity index (χ1) is 11.1. The van der Waals surface area contributed by atoms with Crippen LogP contribution < -0.4 is 18.9 Å². The van der Waals surface area contributed by atoms with Gasteiger partial charge in [0.25, 0.3) is 0 Å². The minimum Gasteiger partial charge on any atom is -0.494 e. The zero-order valence-corrected chi connectivity index (χ0v) is 13.7. The van der Waals surface area contributed by atoms with Crippen molar-refractivity contribution < 1.29 is 23.7 Å². The lowest BCUT2D eigenvalue weighted by atomic mass is 10.0. The van der Waals surface area contributed by atoms with Gasteiger partial charge in [-0.15, -0.1) is 0 Å². The van der Waals surface area contributed by atoms with Crippen molar-refractivity contribution in [3.63, 3.8) is 0 Å². The third-order valence-electron chi connectivity index (χ3n) is 3.35. The van der Waals surface area contributed by atoms with Gasteiger partial charge in [-0.25, -0.2) is 0 Å². The number of carbonyl (C=O) groups excluding carboxylic acids is 1. The topological polar surface area (TPSA) is 54.0 Å². The first-order valence-corrected chi connectivity index (χ1v) is 7.22. The first kappa shape index (κ1) is 16.7. The normalized spacial score (nSPS) is 10.1. The van der Waals surface area contributed by atoms with Crippen LogP contribution in [0.25, 0.3) is 0 Å². The predicted octanol–water partition coefficient (Wildman–Crippen LogP) is 3.34. The maximum atomic E-state index is 12.7. The molecule has 0 atom stereocenters. The molecule has 2 aromatic carbocycles. The Morgan fingerprint density at radius 3 is 1.87 bits per heavy atom. The van der Waals surface area contributed by atoms with E-state index < -0.39 is 0 Å². The number of benzene rings is 2. The Morgan fingerprint density at radius 2 is 1.43 bits per heavy atom. The van der Waals surface area contributed by atoms with E-state index in [1.807, 2.05) is 6.92 Å². The Kier molecular flexibility index (Phi) is 5.46. The van der Waals surface area contributed by atoms with Gasteiger partial charge in [0.05, 0.1) is 27.9 Å². The Morgan fingerprint density at radius 1 is 0.870 bits per heavy atom. The molecule has 2 aromatic rings. The molecular weight excluding hydrogens is 296 g/mol. The van der Waals surface area contributed by atoms with E-state index >= 15 is 0 Å². The summed E-state index contributed by atoms with van der Waals surface area (Å²) in [7, 11) is 4.55. The molecule has 0 amide bonds. The first-order valence-electron chi connectivity index (χ1n) is 7.22. The van der Waals surface area contributed by atoms with E-state index in [9.17, 15) is 4.79 Å². The SMILES string of the molecule is CCOc1ccc(C(=O)c2cc(OC)c(OC)c(OC)c2)cc1. The highest BCUT2D eigenvalue weighted by molar-refractivity contribution is 6.09. The molecule has 2 rings (SSSR count). The van der Waals surface area contributed by atoms with Crippen molar-refractivity contribution in [2.45, 2.75) is 6.92 Å². The maximum absolute atomic E-state index is 12.7. The number of methoxy groups -OCH3 is 3. The second-order valence-electron chi connectivity index (χ2n) is 4.70. The molecule has 5 heteroatoms. The van der Waals surface area contributed by atoms with E-state index in [2.05, 4.69) is 0 Å². The van der Waals surface area contributed by atoms with Crippen LogP contribution in [-0.4, -0.2) is 33.7 Å². The summed E-state index contributed by atoms with van der Waals surface area (Å²) in [6.45, 7) is 2.50.